The molecule has 0 spiro atoms. The fourth-order valence-electron chi connectivity index (χ4n) is 0.366. The standard InChI is InChI=1S/C4H2N2O2S/c7-1-3-4(2-8)6-9-5-3/h1-2H. The molecule has 0 N–H and O–H groups in total. The molecule has 0 aromatic carbocycles. The number of carbonyl (C=O) groups is 2. The van der Waals surface area contributed by atoms with E-state index in [0.717, 1.165) is 11.7 Å². The molecular formula is C4H2N2O2S. The lowest BCUT2D eigenvalue weighted by Gasteiger charge is -1.73. The largest absolute Gasteiger partial charge is 0.296 e. The molecule has 0 unspecified atom stereocenters. The van der Waals surface area contributed by atoms with Gasteiger partial charge in [0.1, 0.15) is 11.4 Å². The van der Waals surface area contributed by atoms with Crippen LogP contribution < -0.4 is 0 Å². The fraction of sp³-hybridized carbons (Fsp3) is 0. The molecule has 0 saturated carbocycles. The van der Waals surface area contributed by atoms with Crippen molar-refractivity contribution in [2.45, 2.75) is 0 Å². The van der Waals surface area contributed by atoms with Crippen molar-refractivity contribution in [1.29, 1.82) is 0 Å². The van der Waals surface area contributed by atoms with Crippen molar-refractivity contribution < 1.29 is 9.59 Å². The maximum atomic E-state index is 9.99. The van der Waals surface area contributed by atoms with Crippen molar-refractivity contribution >= 4 is 24.3 Å². The van der Waals surface area contributed by atoms with E-state index in [9.17, 15) is 9.59 Å². The molecule has 0 amide bonds. The smallest absolute Gasteiger partial charge is 0.171 e. The molecule has 0 saturated heterocycles. The van der Waals surface area contributed by atoms with Crippen LogP contribution in [0.5, 0.6) is 0 Å². The van der Waals surface area contributed by atoms with Crippen molar-refractivity contribution in [2.75, 3.05) is 0 Å². The van der Waals surface area contributed by atoms with Gasteiger partial charge in [0.25, 0.3) is 0 Å². The first kappa shape index (κ1) is 6.03. The fourth-order valence-corrected chi connectivity index (χ4v) is 0.856. The second-order valence-electron chi connectivity index (χ2n) is 1.27. The lowest BCUT2D eigenvalue weighted by molar-refractivity contribution is 0.109. The molecule has 0 aliphatic rings. The van der Waals surface area contributed by atoms with Gasteiger partial charge in [0.15, 0.2) is 12.6 Å². The molecule has 0 fully saturated rings. The summed E-state index contributed by atoms with van der Waals surface area (Å²) in [5.41, 5.74) is 0.241. The summed E-state index contributed by atoms with van der Waals surface area (Å²) in [6.45, 7) is 0. The Morgan fingerprint density at radius 1 is 1.11 bits per heavy atom. The van der Waals surface area contributed by atoms with Crippen LogP contribution in [0.4, 0.5) is 0 Å². The van der Waals surface area contributed by atoms with Gasteiger partial charge in [0, 0.05) is 0 Å². The Kier molecular flexibility index (Phi) is 1.64. The quantitative estimate of drug-likeness (QED) is 0.552. The molecule has 0 radical (unpaired) electrons. The average molecular weight is 142 g/mol. The van der Waals surface area contributed by atoms with E-state index in [1.54, 1.807) is 0 Å². The Morgan fingerprint density at radius 3 is 1.89 bits per heavy atom. The average Bonchev–Trinajstić information content (AvgIpc) is 2.33. The Bertz CT molecular complexity index is 210. The van der Waals surface area contributed by atoms with Crippen molar-refractivity contribution in [3.8, 4) is 0 Å². The Balaban J connectivity index is 3.12. The van der Waals surface area contributed by atoms with Gasteiger partial charge in [0.05, 0.1) is 11.7 Å². The zero-order valence-electron chi connectivity index (χ0n) is 4.27. The minimum absolute atomic E-state index is 0.120. The third-order valence-electron chi connectivity index (χ3n) is 0.764. The van der Waals surface area contributed by atoms with Crippen molar-refractivity contribution in [3.63, 3.8) is 0 Å². The van der Waals surface area contributed by atoms with Crippen molar-refractivity contribution in [3.05, 3.63) is 11.4 Å². The lowest BCUT2D eigenvalue weighted by Crippen LogP contribution is -1.86. The van der Waals surface area contributed by atoms with Crippen LogP contribution in [0.15, 0.2) is 0 Å². The van der Waals surface area contributed by atoms with E-state index in [1.165, 1.54) is 0 Å². The Morgan fingerprint density at radius 2 is 1.56 bits per heavy atom. The van der Waals surface area contributed by atoms with E-state index in [-0.39, 0.29) is 11.4 Å². The van der Waals surface area contributed by atoms with Crippen LogP contribution in [0.1, 0.15) is 21.0 Å². The molecule has 1 rings (SSSR count). The summed E-state index contributed by atoms with van der Waals surface area (Å²) < 4.78 is 7.07. The van der Waals surface area contributed by atoms with Crippen LogP contribution in [0, 0.1) is 0 Å². The number of carbonyl (C=O) groups excluding carboxylic acids is 2. The summed E-state index contributed by atoms with van der Waals surface area (Å²) in [5, 5.41) is 0. The lowest BCUT2D eigenvalue weighted by atomic mass is 10.4. The van der Waals surface area contributed by atoms with Crippen LogP contribution >= 0.6 is 11.7 Å². The van der Waals surface area contributed by atoms with E-state index in [1.807, 2.05) is 0 Å². The second kappa shape index (κ2) is 2.45. The molecule has 4 nitrogen and oxygen atoms in total. The first-order valence-corrected chi connectivity index (χ1v) is 2.84. The highest BCUT2D eigenvalue weighted by atomic mass is 32.1. The van der Waals surface area contributed by atoms with Gasteiger partial charge in [-0.2, -0.15) is 8.75 Å². The maximum absolute atomic E-state index is 9.99. The third kappa shape index (κ3) is 0.996. The van der Waals surface area contributed by atoms with E-state index in [4.69, 9.17) is 0 Å². The number of nitrogens with zero attached hydrogens (tertiary/aromatic N) is 2. The van der Waals surface area contributed by atoms with Gasteiger partial charge in [0.2, 0.25) is 0 Å². The highest BCUT2D eigenvalue weighted by Crippen LogP contribution is 1.97. The van der Waals surface area contributed by atoms with Crippen LogP contribution in [0.2, 0.25) is 0 Å². The number of aromatic nitrogens is 2. The first-order chi connectivity index (χ1) is 4.38. The van der Waals surface area contributed by atoms with Crippen molar-refractivity contribution in [1.82, 2.24) is 8.75 Å². The molecule has 0 atom stereocenters. The molecule has 1 heterocycles. The summed E-state index contributed by atoms with van der Waals surface area (Å²) in [6.07, 6.45) is 1.01. The molecule has 46 valence electrons. The van der Waals surface area contributed by atoms with Gasteiger partial charge in [-0.25, -0.2) is 0 Å². The molecule has 0 bridgehead atoms. The maximum Gasteiger partial charge on any atom is 0.171 e. The molecule has 0 aliphatic heterocycles. The Hall–Kier alpha value is -1.10. The molecule has 0 aliphatic carbocycles. The van der Waals surface area contributed by atoms with Gasteiger partial charge in [-0.05, 0) is 0 Å². The first-order valence-electron chi connectivity index (χ1n) is 2.11. The number of hydrogen-bond donors (Lipinski definition) is 0. The monoisotopic (exact) mass is 142 g/mol. The zero-order valence-corrected chi connectivity index (χ0v) is 5.09. The van der Waals surface area contributed by atoms with E-state index < -0.39 is 0 Å². The van der Waals surface area contributed by atoms with Gasteiger partial charge in [-0.1, -0.05) is 0 Å². The normalized spacial score (nSPS) is 8.89. The molecule has 1 aromatic heterocycles. The third-order valence-corrected chi connectivity index (χ3v) is 1.32. The van der Waals surface area contributed by atoms with Crippen LogP contribution in [0.25, 0.3) is 0 Å². The van der Waals surface area contributed by atoms with E-state index >= 15 is 0 Å². The SMILES string of the molecule is O=Cc1nsnc1C=O. The highest BCUT2D eigenvalue weighted by molar-refractivity contribution is 6.99. The number of aldehydes is 2. The van der Waals surface area contributed by atoms with E-state index in [0.29, 0.717) is 12.6 Å². The minimum Gasteiger partial charge on any atom is -0.296 e. The van der Waals surface area contributed by atoms with Gasteiger partial charge < -0.3 is 0 Å². The molecule has 5 heteroatoms. The second-order valence-corrected chi connectivity index (χ2v) is 1.80. The van der Waals surface area contributed by atoms with Gasteiger partial charge >= 0.3 is 0 Å². The number of rotatable bonds is 2. The molecular weight excluding hydrogens is 140 g/mol. The summed E-state index contributed by atoms with van der Waals surface area (Å²) in [7, 11) is 0. The summed E-state index contributed by atoms with van der Waals surface area (Å²) in [4.78, 5) is 20.0. The molecule has 1 aromatic rings. The van der Waals surface area contributed by atoms with Crippen LogP contribution in [0.3, 0.4) is 0 Å². The summed E-state index contributed by atoms with van der Waals surface area (Å²) >= 11 is 0.853. The van der Waals surface area contributed by atoms with Gasteiger partial charge in [-0.15, -0.1) is 0 Å². The van der Waals surface area contributed by atoms with E-state index in [2.05, 4.69) is 8.75 Å². The topological polar surface area (TPSA) is 59.9 Å². The highest BCUT2D eigenvalue weighted by Gasteiger charge is 2.02. The van der Waals surface area contributed by atoms with Crippen molar-refractivity contribution in [2.24, 2.45) is 0 Å². The zero-order chi connectivity index (χ0) is 6.69. The van der Waals surface area contributed by atoms with Gasteiger partial charge in [-0.3, -0.25) is 9.59 Å². The van der Waals surface area contributed by atoms with Crippen LogP contribution in [-0.4, -0.2) is 21.3 Å². The van der Waals surface area contributed by atoms with Crippen LogP contribution in [-0.2, 0) is 0 Å². The predicted molar refractivity (Wildman–Crippen MR) is 30.7 cm³/mol. The summed E-state index contributed by atoms with van der Waals surface area (Å²) in [5.74, 6) is 0. The summed E-state index contributed by atoms with van der Waals surface area (Å²) in [6, 6.07) is 0. The molecule has 9 heavy (non-hydrogen) atoms. The number of hydrogen-bond acceptors (Lipinski definition) is 5. The minimum atomic E-state index is 0.120. The predicted octanol–water partition coefficient (Wildman–Crippen LogP) is 0.163. The Labute approximate surface area is 54.8 Å².